The van der Waals surface area contributed by atoms with E-state index in [0.717, 1.165) is 28.4 Å². The lowest BCUT2D eigenvalue weighted by molar-refractivity contribution is 0.218. The van der Waals surface area contributed by atoms with Crippen LogP contribution in [0.25, 0.3) is 0 Å². The van der Waals surface area contributed by atoms with E-state index in [1.165, 1.54) is 17.7 Å². The monoisotopic (exact) mass is 336 g/mol. The number of benzene rings is 2. The molecule has 0 aliphatic rings. The van der Waals surface area contributed by atoms with E-state index in [2.05, 4.69) is 35.8 Å². The number of aliphatic hydroxyl groups excluding tert-OH is 1. The second kappa shape index (κ2) is 6.51. The number of hydrogen-bond donors (Lipinski definition) is 1. The van der Waals surface area contributed by atoms with Gasteiger partial charge in [0.2, 0.25) is 0 Å². The Bertz CT molecular complexity index is 610. The first-order chi connectivity index (χ1) is 9.56. The van der Waals surface area contributed by atoms with Crippen LogP contribution in [0.2, 0.25) is 0 Å². The molecule has 3 heteroatoms. The molecule has 20 heavy (non-hydrogen) atoms. The van der Waals surface area contributed by atoms with Gasteiger partial charge in [-0.25, -0.2) is 4.39 Å². The summed E-state index contributed by atoms with van der Waals surface area (Å²) in [6.07, 6.45) is 0.929. The molecule has 1 nitrogen and oxygen atoms in total. The minimum atomic E-state index is -0.818. The van der Waals surface area contributed by atoms with Gasteiger partial charge in [0.25, 0.3) is 0 Å². The molecule has 0 aromatic heterocycles. The van der Waals surface area contributed by atoms with Crippen molar-refractivity contribution >= 4 is 15.9 Å². The Morgan fingerprint density at radius 1 is 1.05 bits per heavy atom. The SMILES string of the molecule is CCc1ccc(CC)c(C(O)c2cc(F)ccc2Br)c1. The van der Waals surface area contributed by atoms with Gasteiger partial charge in [0, 0.05) is 10.0 Å². The molecule has 0 spiro atoms. The van der Waals surface area contributed by atoms with Crippen molar-refractivity contribution in [3.05, 3.63) is 68.9 Å². The van der Waals surface area contributed by atoms with Gasteiger partial charge < -0.3 is 5.11 Å². The predicted octanol–water partition coefficient (Wildman–Crippen LogP) is 4.79. The van der Waals surface area contributed by atoms with E-state index >= 15 is 0 Å². The number of halogens is 2. The van der Waals surface area contributed by atoms with Crippen LogP contribution in [-0.2, 0) is 12.8 Å². The second-order valence-corrected chi connectivity index (χ2v) is 5.66. The molecule has 1 atom stereocenters. The van der Waals surface area contributed by atoms with Gasteiger partial charge in [0.15, 0.2) is 0 Å². The molecule has 0 aliphatic heterocycles. The predicted molar refractivity (Wildman–Crippen MR) is 83.4 cm³/mol. The third kappa shape index (κ3) is 3.10. The molecular weight excluding hydrogens is 319 g/mol. The van der Waals surface area contributed by atoms with Crippen LogP contribution in [0.5, 0.6) is 0 Å². The van der Waals surface area contributed by atoms with Gasteiger partial charge in [-0.2, -0.15) is 0 Å². The second-order valence-electron chi connectivity index (χ2n) is 4.81. The van der Waals surface area contributed by atoms with Gasteiger partial charge in [-0.3, -0.25) is 0 Å². The lowest BCUT2D eigenvalue weighted by Crippen LogP contribution is -2.06. The van der Waals surface area contributed by atoms with Gasteiger partial charge in [0.1, 0.15) is 11.9 Å². The molecular formula is C17H18BrFO. The first kappa shape index (κ1) is 15.2. The third-order valence-electron chi connectivity index (χ3n) is 3.55. The number of hydrogen-bond acceptors (Lipinski definition) is 1. The van der Waals surface area contributed by atoms with Crippen LogP contribution in [0.15, 0.2) is 40.9 Å². The standard InChI is InChI=1S/C17H18BrFO/c1-3-11-5-6-12(4-2)14(9-11)17(20)15-10-13(19)7-8-16(15)18/h5-10,17,20H,3-4H2,1-2H3. The summed E-state index contributed by atoms with van der Waals surface area (Å²) in [7, 11) is 0. The van der Waals surface area contributed by atoms with E-state index in [9.17, 15) is 9.50 Å². The summed E-state index contributed by atoms with van der Waals surface area (Å²) in [4.78, 5) is 0. The largest absolute Gasteiger partial charge is 0.384 e. The Hall–Kier alpha value is -1.19. The molecule has 2 rings (SSSR count). The van der Waals surface area contributed by atoms with Crippen molar-refractivity contribution in [2.75, 3.05) is 0 Å². The minimum absolute atomic E-state index is 0.341. The van der Waals surface area contributed by atoms with Crippen molar-refractivity contribution in [2.24, 2.45) is 0 Å². The van der Waals surface area contributed by atoms with Crippen LogP contribution >= 0.6 is 15.9 Å². The zero-order valence-corrected chi connectivity index (χ0v) is 13.2. The summed E-state index contributed by atoms with van der Waals surface area (Å²) in [6, 6.07) is 10.5. The highest BCUT2D eigenvalue weighted by atomic mass is 79.9. The minimum Gasteiger partial charge on any atom is -0.384 e. The number of aryl methyl sites for hydroxylation is 2. The summed E-state index contributed by atoms with van der Waals surface area (Å²) in [5.41, 5.74) is 3.68. The van der Waals surface area contributed by atoms with Gasteiger partial charge >= 0.3 is 0 Å². The number of rotatable bonds is 4. The highest BCUT2D eigenvalue weighted by molar-refractivity contribution is 9.10. The van der Waals surface area contributed by atoms with Gasteiger partial charge in [-0.1, -0.05) is 48.0 Å². The molecule has 106 valence electrons. The fraction of sp³-hybridized carbons (Fsp3) is 0.294. The van der Waals surface area contributed by atoms with E-state index in [1.54, 1.807) is 6.07 Å². The Labute approximate surface area is 127 Å². The molecule has 0 amide bonds. The molecule has 0 fully saturated rings. The Balaban J connectivity index is 2.51. The highest BCUT2D eigenvalue weighted by Gasteiger charge is 2.17. The summed E-state index contributed by atoms with van der Waals surface area (Å²) in [5, 5.41) is 10.6. The zero-order chi connectivity index (χ0) is 14.7. The topological polar surface area (TPSA) is 20.2 Å². The maximum atomic E-state index is 13.4. The van der Waals surface area contributed by atoms with Crippen LogP contribution < -0.4 is 0 Å². The van der Waals surface area contributed by atoms with Crippen molar-refractivity contribution in [1.29, 1.82) is 0 Å². The maximum Gasteiger partial charge on any atom is 0.123 e. The zero-order valence-electron chi connectivity index (χ0n) is 11.7. The van der Waals surface area contributed by atoms with Gasteiger partial charge in [0.05, 0.1) is 0 Å². The maximum absolute atomic E-state index is 13.4. The molecule has 0 saturated carbocycles. The molecule has 0 bridgehead atoms. The molecule has 2 aromatic carbocycles. The van der Waals surface area contributed by atoms with Crippen LogP contribution in [-0.4, -0.2) is 5.11 Å². The summed E-state index contributed by atoms with van der Waals surface area (Å²) in [6.45, 7) is 4.13. The van der Waals surface area contributed by atoms with E-state index < -0.39 is 6.10 Å². The van der Waals surface area contributed by atoms with Crippen LogP contribution in [0.1, 0.15) is 42.2 Å². The molecule has 0 aliphatic carbocycles. The Kier molecular flexibility index (Phi) is 4.95. The van der Waals surface area contributed by atoms with Crippen LogP contribution in [0.3, 0.4) is 0 Å². The summed E-state index contributed by atoms with van der Waals surface area (Å²) in [5.74, 6) is -0.341. The first-order valence-electron chi connectivity index (χ1n) is 6.81. The fourth-order valence-corrected chi connectivity index (χ4v) is 2.80. The van der Waals surface area contributed by atoms with Gasteiger partial charge in [-0.15, -0.1) is 0 Å². The molecule has 2 aromatic rings. The quantitative estimate of drug-likeness (QED) is 0.850. The first-order valence-corrected chi connectivity index (χ1v) is 7.60. The summed E-state index contributed by atoms with van der Waals surface area (Å²) < 4.78 is 14.1. The van der Waals surface area contributed by atoms with E-state index in [4.69, 9.17) is 0 Å². The molecule has 1 N–H and O–H groups in total. The van der Waals surface area contributed by atoms with Crippen molar-refractivity contribution in [3.8, 4) is 0 Å². The van der Waals surface area contributed by atoms with Crippen molar-refractivity contribution < 1.29 is 9.50 Å². The van der Waals surface area contributed by atoms with Crippen LogP contribution in [0.4, 0.5) is 4.39 Å². The molecule has 0 saturated heterocycles. The molecule has 1 unspecified atom stereocenters. The lowest BCUT2D eigenvalue weighted by atomic mass is 9.93. The van der Waals surface area contributed by atoms with Crippen molar-refractivity contribution in [2.45, 2.75) is 32.8 Å². The molecule has 0 radical (unpaired) electrons. The fourth-order valence-electron chi connectivity index (χ4n) is 2.33. The summed E-state index contributed by atoms with van der Waals surface area (Å²) >= 11 is 3.38. The van der Waals surface area contributed by atoms with E-state index in [-0.39, 0.29) is 5.82 Å². The third-order valence-corrected chi connectivity index (χ3v) is 4.27. The highest BCUT2D eigenvalue weighted by Crippen LogP contribution is 2.32. The normalized spacial score (nSPS) is 12.4. The average Bonchev–Trinajstić information content (AvgIpc) is 2.48. The average molecular weight is 337 g/mol. The smallest absolute Gasteiger partial charge is 0.123 e. The number of aliphatic hydroxyl groups is 1. The van der Waals surface area contributed by atoms with Crippen molar-refractivity contribution in [3.63, 3.8) is 0 Å². The molecule has 0 heterocycles. The van der Waals surface area contributed by atoms with Crippen molar-refractivity contribution in [1.82, 2.24) is 0 Å². The Morgan fingerprint density at radius 2 is 1.80 bits per heavy atom. The van der Waals surface area contributed by atoms with Gasteiger partial charge in [-0.05, 0) is 47.7 Å². The Morgan fingerprint density at radius 3 is 2.45 bits per heavy atom. The van der Waals surface area contributed by atoms with Crippen LogP contribution in [0, 0.1) is 5.82 Å². The lowest BCUT2D eigenvalue weighted by Gasteiger charge is -2.18. The van der Waals surface area contributed by atoms with E-state index in [0.29, 0.717) is 5.56 Å². The van der Waals surface area contributed by atoms with E-state index in [1.807, 2.05) is 12.1 Å².